The number of hydrogen-bond acceptors (Lipinski definition) is 2. The Morgan fingerprint density at radius 3 is 3.05 bits per heavy atom. The summed E-state index contributed by atoms with van der Waals surface area (Å²) >= 11 is 0. The van der Waals surface area contributed by atoms with Crippen LogP contribution in [-0.2, 0) is 6.42 Å². The molecule has 1 fully saturated rings. The second kappa shape index (κ2) is 5.07. The van der Waals surface area contributed by atoms with E-state index in [-0.39, 0.29) is 0 Å². The lowest BCUT2D eigenvalue weighted by molar-refractivity contribution is 0.318. The summed E-state index contributed by atoms with van der Waals surface area (Å²) < 4.78 is 0. The van der Waals surface area contributed by atoms with Crippen LogP contribution in [0.4, 0.5) is 5.69 Å². The highest BCUT2D eigenvalue weighted by Crippen LogP contribution is 2.45. The van der Waals surface area contributed by atoms with Crippen LogP contribution in [0.3, 0.4) is 0 Å². The Hall–Kier alpha value is -1.02. The number of anilines is 1. The zero-order valence-corrected chi connectivity index (χ0v) is 12.6. The number of benzene rings is 1. The first kappa shape index (κ1) is 12.7. The van der Waals surface area contributed by atoms with Crippen LogP contribution in [0.25, 0.3) is 0 Å². The zero-order valence-electron chi connectivity index (χ0n) is 12.6. The van der Waals surface area contributed by atoms with Crippen LogP contribution >= 0.6 is 0 Å². The van der Waals surface area contributed by atoms with Gasteiger partial charge < -0.3 is 9.80 Å². The number of rotatable bonds is 3. The van der Waals surface area contributed by atoms with Crippen LogP contribution in [0.1, 0.15) is 43.2 Å². The Morgan fingerprint density at radius 2 is 2.15 bits per heavy atom. The van der Waals surface area contributed by atoms with Crippen LogP contribution < -0.4 is 4.90 Å². The summed E-state index contributed by atoms with van der Waals surface area (Å²) in [4.78, 5) is 5.41. The Kier molecular flexibility index (Phi) is 3.22. The molecule has 2 atom stereocenters. The van der Waals surface area contributed by atoms with E-state index >= 15 is 0 Å². The average Bonchev–Trinajstić information content (AvgIpc) is 2.89. The molecule has 0 amide bonds. The van der Waals surface area contributed by atoms with E-state index < -0.39 is 0 Å². The normalized spacial score (nSPS) is 28.4. The summed E-state index contributed by atoms with van der Waals surface area (Å²) in [5.74, 6) is 1.67. The summed E-state index contributed by atoms with van der Waals surface area (Å²) in [7, 11) is 0. The molecule has 0 bridgehead atoms. The van der Waals surface area contributed by atoms with Crippen molar-refractivity contribution in [2.45, 2.75) is 38.5 Å². The van der Waals surface area contributed by atoms with Crippen molar-refractivity contribution in [1.82, 2.24) is 4.90 Å². The molecular weight excluding hydrogens is 244 g/mol. The fourth-order valence-electron chi connectivity index (χ4n) is 4.60. The van der Waals surface area contributed by atoms with E-state index in [0.717, 1.165) is 11.8 Å². The minimum absolute atomic E-state index is 0.802. The molecule has 2 nitrogen and oxygen atoms in total. The lowest BCUT2D eigenvalue weighted by Crippen LogP contribution is -2.40. The second-order valence-electron chi connectivity index (χ2n) is 6.88. The van der Waals surface area contributed by atoms with E-state index in [1.807, 2.05) is 0 Å². The number of nitrogens with zero attached hydrogens (tertiary/aromatic N) is 2. The van der Waals surface area contributed by atoms with Crippen molar-refractivity contribution in [2.75, 3.05) is 37.6 Å². The molecule has 4 rings (SSSR count). The van der Waals surface area contributed by atoms with E-state index in [2.05, 4.69) is 34.9 Å². The number of hydrogen-bond donors (Lipinski definition) is 0. The Balaban J connectivity index is 1.64. The summed E-state index contributed by atoms with van der Waals surface area (Å²) in [6.07, 6.45) is 5.30. The average molecular weight is 270 g/mol. The molecule has 20 heavy (non-hydrogen) atoms. The fourth-order valence-corrected chi connectivity index (χ4v) is 4.60. The molecule has 0 aliphatic carbocycles. The minimum Gasteiger partial charge on any atom is -0.371 e. The van der Waals surface area contributed by atoms with Gasteiger partial charge in [-0.05, 0) is 42.9 Å². The lowest BCUT2D eigenvalue weighted by Gasteiger charge is -2.41. The molecule has 108 valence electrons. The van der Waals surface area contributed by atoms with Gasteiger partial charge in [0.1, 0.15) is 0 Å². The molecule has 0 N–H and O–H groups in total. The van der Waals surface area contributed by atoms with Gasteiger partial charge >= 0.3 is 0 Å². The zero-order chi connectivity index (χ0) is 13.5. The maximum Gasteiger partial charge on any atom is 0.0434 e. The molecule has 1 aromatic rings. The van der Waals surface area contributed by atoms with Gasteiger partial charge in [-0.2, -0.15) is 0 Å². The molecule has 1 aromatic carbocycles. The van der Waals surface area contributed by atoms with Gasteiger partial charge in [0.25, 0.3) is 0 Å². The maximum absolute atomic E-state index is 2.72. The predicted octanol–water partition coefficient (Wildman–Crippen LogP) is 3.27. The van der Waals surface area contributed by atoms with Crippen molar-refractivity contribution in [1.29, 1.82) is 0 Å². The Bertz CT molecular complexity index is 496. The highest BCUT2D eigenvalue weighted by atomic mass is 15.2. The van der Waals surface area contributed by atoms with Gasteiger partial charge in [0, 0.05) is 37.8 Å². The molecule has 0 radical (unpaired) electrons. The van der Waals surface area contributed by atoms with Crippen molar-refractivity contribution >= 4 is 5.69 Å². The number of unbranched alkanes of at least 4 members (excludes halogenated alkanes) is 1. The number of aryl methyl sites for hydroxylation is 1. The third-order valence-corrected chi connectivity index (χ3v) is 5.54. The molecule has 0 saturated carbocycles. The summed E-state index contributed by atoms with van der Waals surface area (Å²) in [6, 6.07) is 7.07. The van der Waals surface area contributed by atoms with Crippen LogP contribution in [0.15, 0.2) is 18.2 Å². The van der Waals surface area contributed by atoms with Gasteiger partial charge in [-0.25, -0.2) is 0 Å². The van der Waals surface area contributed by atoms with Crippen LogP contribution in [0.5, 0.6) is 0 Å². The fraction of sp³-hybridized carbons (Fsp3) is 0.667. The van der Waals surface area contributed by atoms with Crippen molar-refractivity contribution in [3.05, 3.63) is 29.3 Å². The SMILES string of the molecule is CCCCN1C[C@H]2CN3CCCc4cccc(c43)[C@H]2C1. The largest absolute Gasteiger partial charge is 0.371 e. The first-order valence-electron chi connectivity index (χ1n) is 8.46. The number of fused-ring (bicyclic) bond motifs is 2. The third kappa shape index (κ3) is 1.96. The van der Waals surface area contributed by atoms with Crippen molar-refractivity contribution in [3.63, 3.8) is 0 Å². The van der Waals surface area contributed by atoms with E-state index in [0.29, 0.717) is 0 Å². The molecule has 3 heterocycles. The Morgan fingerprint density at radius 1 is 1.20 bits per heavy atom. The van der Waals surface area contributed by atoms with Crippen molar-refractivity contribution in [2.24, 2.45) is 5.92 Å². The van der Waals surface area contributed by atoms with Gasteiger partial charge in [0.05, 0.1) is 0 Å². The molecule has 3 aliphatic heterocycles. The first-order valence-corrected chi connectivity index (χ1v) is 8.46. The van der Waals surface area contributed by atoms with Crippen molar-refractivity contribution in [3.8, 4) is 0 Å². The summed E-state index contributed by atoms with van der Waals surface area (Å²) in [6.45, 7) is 8.81. The van der Waals surface area contributed by atoms with Crippen molar-refractivity contribution < 1.29 is 0 Å². The van der Waals surface area contributed by atoms with Crippen LogP contribution in [0.2, 0.25) is 0 Å². The monoisotopic (exact) mass is 270 g/mol. The second-order valence-corrected chi connectivity index (χ2v) is 6.88. The molecule has 0 spiro atoms. The molecular formula is C18H26N2. The van der Waals surface area contributed by atoms with E-state index in [4.69, 9.17) is 0 Å². The highest BCUT2D eigenvalue weighted by Gasteiger charge is 2.41. The van der Waals surface area contributed by atoms with E-state index in [1.165, 1.54) is 58.4 Å². The smallest absolute Gasteiger partial charge is 0.0434 e. The molecule has 0 aromatic heterocycles. The van der Waals surface area contributed by atoms with Gasteiger partial charge in [-0.3, -0.25) is 0 Å². The molecule has 1 saturated heterocycles. The summed E-state index contributed by atoms with van der Waals surface area (Å²) in [5.41, 5.74) is 4.90. The van der Waals surface area contributed by atoms with E-state index in [1.54, 1.807) is 16.8 Å². The van der Waals surface area contributed by atoms with Crippen LogP contribution in [0, 0.1) is 5.92 Å². The minimum atomic E-state index is 0.802. The highest BCUT2D eigenvalue weighted by molar-refractivity contribution is 5.64. The van der Waals surface area contributed by atoms with Gasteiger partial charge in [0.15, 0.2) is 0 Å². The lowest BCUT2D eigenvalue weighted by atomic mass is 9.80. The molecule has 2 heteroatoms. The van der Waals surface area contributed by atoms with Gasteiger partial charge in [-0.15, -0.1) is 0 Å². The number of likely N-dealkylation sites (tertiary alicyclic amines) is 1. The predicted molar refractivity (Wildman–Crippen MR) is 84.6 cm³/mol. The first-order chi connectivity index (χ1) is 9.86. The van der Waals surface area contributed by atoms with Gasteiger partial charge in [-0.1, -0.05) is 31.5 Å². The molecule has 3 aliphatic rings. The Labute approximate surface area is 122 Å². The van der Waals surface area contributed by atoms with Crippen LogP contribution in [-0.4, -0.2) is 37.6 Å². The van der Waals surface area contributed by atoms with Gasteiger partial charge in [0.2, 0.25) is 0 Å². The molecule has 0 unspecified atom stereocenters. The third-order valence-electron chi connectivity index (χ3n) is 5.54. The summed E-state index contributed by atoms with van der Waals surface area (Å²) in [5, 5.41) is 0. The van der Waals surface area contributed by atoms with E-state index in [9.17, 15) is 0 Å². The topological polar surface area (TPSA) is 6.48 Å². The quantitative estimate of drug-likeness (QED) is 0.832. The number of para-hydroxylation sites is 1. The maximum atomic E-state index is 2.72. The standard InChI is InChI=1S/C18H26N2/c1-2-3-9-19-11-15-12-20-10-5-7-14-6-4-8-16(18(14)20)17(15)13-19/h4,6,8,15,17H,2-3,5,7,9-13H2,1H3/t15-,17-/m0/s1.